The molecule has 2 fully saturated rings. The van der Waals surface area contributed by atoms with Crippen molar-refractivity contribution in [1.29, 1.82) is 0 Å². The second-order valence-electron chi connectivity index (χ2n) is 8.87. The van der Waals surface area contributed by atoms with Gasteiger partial charge in [-0.05, 0) is 37.6 Å². The van der Waals surface area contributed by atoms with E-state index in [-0.39, 0.29) is 11.3 Å². The van der Waals surface area contributed by atoms with Gasteiger partial charge in [0.05, 0.1) is 39.0 Å². The molecular weight excluding hydrogens is 448 g/mol. The number of hydrogen-bond acceptors (Lipinski definition) is 7. The van der Waals surface area contributed by atoms with E-state index in [1.165, 1.54) is 7.11 Å². The highest BCUT2D eigenvalue weighted by atomic mass is 16.5. The molecule has 1 N–H and O–H groups in total. The third kappa shape index (κ3) is 4.90. The number of methoxy groups -OCH3 is 2. The van der Waals surface area contributed by atoms with Gasteiger partial charge < -0.3 is 24.2 Å². The van der Waals surface area contributed by atoms with Gasteiger partial charge in [0.15, 0.2) is 0 Å². The van der Waals surface area contributed by atoms with Crippen molar-refractivity contribution in [2.24, 2.45) is 0 Å². The van der Waals surface area contributed by atoms with Crippen molar-refractivity contribution in [2.75, 3.05) is 53.6 Å². The highest BCUT2D eigenvalue weighted by molar-refractivity contribution is 6.46. The first kappa shape index (κ1) is 24.8. The number of benzene rings is 2. The molecule has 0 spiro atoms. The molecule has 2 aliphatic rings. The summed E-state index contributed by atoms with van der Waals surface area (Å²) < 4.78 is 16.4. The number of aryl methyl sites for hydroxylation is 2. The van der Waals surface area contributed by atoms with E-state index in [2.05, 4.69) is 4.90 Å². The molecule has 2 saturated heterocycles. The quantitative estimate of drug-likeness (QED) is 0.370. The number of amides is 1. The Bertz CT molecular complexity index is 1150. The van der Waals surface area contributed by atoms with Crippen LogP contribution in [0.25, 0.3) is 5.76 Å². The Morgan fingerprint density at radius 3 is 2.46 bits per heavy atom. The molecule has 2 heterocycles. The van der Waals surface area contributed by atoms with Crippen LogP contribution in [0.1, 0.15) is 28.3 Å². The molecule has 4 rings (SSSR count). The van der Waals surface area contributed by atoms with Crippen molar-refractivity contribution in [2.45, 2.75) is 19.9 Å². The number of Topliss-reactive ketones (excluding diaryl/α,β-unsaturated/α-hetero) is 1. The molecule has 8 nitrogen and oxygen atoms in total. The number of nitrogens with zero attached hydrogens (tertiary/aromatic N) is 2. The molecule has 2 aromatic carbocycles. The summed E-state index contributed by atoms with van der Waals surface area (Å²) in [6.07, 6.45) is 0. The second-order valence-corrected chi connectivity index (χ2v) is 8.87. The van der Waals surface area contributed by atoms with Gasteiger partial charge in [0, 0.05) is 43.4 Å². The highest BCUT2D eigenvalue weighted by Gasteiger charge is 2.47. The topological polar surface area (TPSA) is 88.5 Å². The number of aliphatic hydroxyl groups excluding tert-OH is 1. The minimum Gasteiger partial charge on any atom is -0.507 e. The molecule has 0 bridgehead atoms. The van der Waals surface area contributed by atoms with Crippen LogP contribution < -0.4 is 9.47 Å². The van der Waals surface area contributed by atoms with Crippen LogP contribution in [0.4, 0.5) is 0 Å². The maximum Gasteiger partial charge on any atom is 0.295 e. The van der Waals surface area contributed by atoms with Gasteiger partial charge in [0.25, 0.3) is 11.7 Å². The van der Waals surface area contributed by atoms with Crippen LogP contribution >= 0.6 is 0 Å². The molecular formula is C27H32N2O6. The lowest BCUT2D eigenvalue weighted by atomic mass is 9.92. The predicted molar refractivity (Wildman–Crippen MR) is 132 cm³/mol. The largest absolute Gasteiger partial charge is 0.507 e. The predicted octanol–water partition coefficient (Wildman–Crippen LogP) is 3.07. The number of aliphatic hydroxyl groups is 1. The number of ketones is 1. The van der Waals surface area contributed by atoms with Gasteiger partial charge in [-0.3, -0.25) is 14.5 Å². The molecule has 1 unspecified atom stereocenters. The second kappa shape index (κ2) is 10.5. The minimum absolute atomic E-state index is 0.0640. The first-order valence-corrected chi connectivity index (χ1v) is 11.7. The molecule has 1 amide bonds. The lowest BCUT2D eigenvalue weighted by Crippen LogP contribution is -2.42. The molecule has 186 valence electrons. The van der Waals surface area contributed by atoms with Gasteiger partial charge in [-0.2, -0.15) is 0 Å². The minimum atomic E-state index is -0.795. The van der Waals surface area contributed by atoms with Crippen molar-refractivity contribution < 1.29 is 28.9 Å². The molecule has 1 atom stereocenters. The maximum atomic E-state index is 13.4. The van der Waals surface area contributed by atoms with Crippen LogP contribution in [-0.4, -0.2) is 80.2 Å². The summed E-state index contributed by atoms with van der Waals surface area (Å²) in [5, 5.41) is 11.4. The van der Waals surface area contributed by atoms with Gasteiger partial charge >= 0.3 is 0 Å². The van der Waals surface area contributed by atoms with E-state index >= 15 is 0 Å². The number of carbonyl (C=O) groups is 2. The third-order valence-corrected chi connectivity index (χ3v) is 6.68. The molecule has 0 aliphatic carbocycles. The van der Waals surface area contributed by atoms with Crippen molar-refractivity contribution >= 4 is 17.4 Å². The molecule has 2 aliphatic heterocycles. The van der Waals surface area contributed by atoms with E-state index in [4.69, 9.17) is 14.2 Å². The maximum absolute atomic E-state index is 13.4. The molecule has 0 radical (unpaired) electrons. The van der Waals surface area contributed by atoms with E-state index in [9.17, 15) is 14.7 Å². The fourth-order valence-corrected chi connectivity index (χ4v) is 4.69. The monoisotopic (exact) mass is 480 g/mol. The summed E-state index contributed by atoms with van der Waals surface area (Å²) in [7, 11) is 3.09. The van der Waals surface area contributed by atoms with Crippen molar-refractivity contribution in [1.82, 2.24) is 9.80 Å². The number of ether oxygens (including phenoxy) is 3. The van der Waals surface area contributed by atoms with E-state index in [0.29, 0.717) is 48.9 Å². The Morgan fingerprint density at radius 1 is 1.03 bits per heavy atom. The highest BCUT2D eigenvalue weighted by Crippen LogP contribution is 2.44. The SMILES string of the molecule is COc1ccc(C2/C(=C(/O)c3cc(C)ccc3C)C(=O)C(=O)N2CCN2CCOCC2)c(OC)c1. The first-order chi connectivity index (χ1) is 16.8. The van der Waals surface area contributed by atoms with Gasteiger partial charge in [-0.15, -0.1) is 0 Å². The summed E-state index contributed by atoms with van der Waals surface area (Å²) in [6.45, 7) is 7.52. The standard InChI is InChI=1S/C27H32N2O6/c1-17-5-6-18(2)21(15-17)25(30)23-24(20-8-7-19(33-3)16-22(20)34-4)29(27(32)26(23)31)10-9-28-11-13-35-14-12-28/h5-8,15-16,24,30H,9-14H2,1-4H3/b25-23-. The number of rotatable bonds is 7. The van der Waals surface area contributed by atoms with Crippen molar-refractivity contribution in [3.05, 3.63) is 64.2 Å². The Balaban J connectivity index is 1.83. The smallest absolute Gasteiger partial charge is 0.295 e. The fraction of sp³-hybridized carbons (Fsp3) is 0.407. The summed E-state index contributed by atoms with van der Waals surface area (Å²) in [5.41, 5.74) is 2.97. The Kier molecular flexibility index (Phi) is 7.42. The average molecular weight is 481 g/mol. The summed E-state index contributed by atoms with van der Waals surface area (Å²) >= 11 is 0. The Morgan fingerprint density at radius 2 is 1.77 bits per heavy atom. The Labute approximate surface area is 205 Å². The average Bonchev–Trinajstić information content (AvgIpc) is 3.13. The zero-order chi connectivity index (χ0) is 25.1. The van der Waals surface area contributed by atoms with Crippen molar-refractivity contribution in [3.8, 4) is 11.5 Å². The van der Waals surface area contributed by atoms with Gasteiger partial charge in [-0.25, -0.2) is 0 Å². The number of likely N-dealkylation sites (tertiary alicyclic amines) is 1. The first-order valence-electron chi connectivity index (χ1n) is 11.7. The van der Waals surface area contributed by atoms with Crippen LogP contribution in [0.5, 0.6) is 11.5 Å². The molecule has 8 heteroatoms. The van der Waals surface area contributed by atoms with Crippen molar-refractivity contribution in [3.63, 3.8) is 0 Å². The zero-order valence-electron chi connectivity index (χ0n) is 20.7. The van der Waals surface area contributed by atoms with Crippen LogP contribution in [-0.2, 0) is 14.3 Å². The fourth-order valence-electron chi connectivity index (χ4n) is 4.69. The van der Waals surface area contributed by atoms with E-state index in [1.54, 1.807) is 30.2 Å². The molecule has 0 saturated carbocycles. The van der Waals surface area contributed by atoms with Gasteiger partial charge in [0.2, 0.25) is 0 Å². The third-order valence-electron chi connectivity index (χ3n) is 6.68. The molecule has 35 heavy (non-hydrogen) atoms. The number of carbonyl (C=O) groups excluding carboxylic acids is 2. The lowest BCUT2D eigenvalue weighted by molar-refractivity contribution is -0.140. The lowest BCUT2D eigenvalue weighted by Gasteiger charge is -2.31. The van der Waals surface area contributed by atoms with Gasteiger partial charge in [0.1, 0.15) is 17.3 Å². The Hall–Kier alpha value is -3.36. The van der Waals surface area contributed by atoms with E-state index in [1.807, 2.05) is 32.0 Å². The normalized spacial score (nSPS) is 20.3. The molecule has 2 aromatic rings. The zero-order valence-corrected chi connectivity index (χ0v) is 20.7. The van der Waals surface area contributed by atoms with Crippen LogP contribution in [0.15, 0.2) is 42.0 Å². The summed E-state index contributed by atoms with van der Waals surface area (Å²) in [5.74, 6) is -0.451. The number of morpholine rings is 1. The van der Waals surface area contributed by atoms with Crippen LogP contribution in [0.2, 0.25) is 0 Å². The van der Waals surface area contributed by atoms with Crippen LogP contribution in [0.3, 0.4) is 0 Å². The summed E-state index contributed by atoms with van der Waals surface area (Å²) in [6, 6.07) is 10.1. The summed E-state index contributed by atoms with van der Waals surface area (Å²) in [4.78, 5) is 30.4. The van der Waals surface area contributed by atoms with Crippen LogP contribution in [0, 0.1) is 13.8 Å². The van der Waals surface area contributed by atoms with E-state index < -0.39 is 17.7 Å². The molecule has 0 aromatic heterocycles. The number of hydrogen-bond donors (Lipinski definition) is 1. The van der Waals surface area contributed by atoms with Gasteiger partial charge in [-0.1, -0.05) is 17.7 Å². The van der Waals surface area contributed by atoms with E-state index in [0.717, 1.165) is 24.2 Å².